The van der Waals surface area contributed by atoms with Crippen LogP contribution < -0.4 is 5.32 Å². The van der Waals surface area contributed by atoms with Crippen molar-refractivity contribution in [3.8, 4) is 0 Å². The van der Waals surface area contributed by atoms with Gasteiger partial charge in [0, 0.05) is 19.3 Å². The molecule has 0 spiro atoms. The topological polar surface area (TPSA) is 66.5 Å². The number of urea groups is 1. The second-order valence-corrected chi connectivity index (χ2v) is 7.25. The Hall–Kier alpha value is -1.56. The molecule has 20 heavy (non-hydrogen) atoms. The van der Waals surface area contributed by atoms with Crippen molar-refractivity contribution in [3.05, 3.63) is 29.8 Å². The lowest BCUT2D eigenvalue weighted by Gasteiger charge is -2.26. The lowest BCUT2D eigenvalue weighted by atomic mass is 10.1. The lowest BCUT2D eigenvalue weighted by Crippen LogP contribution is -2.41. The highest BCUT2D eigenvalue weighted by atomic mass is 32.2. The minimum Gasteiger partial charge on any atom is -0.336 e. The van der Waals surface area contributed by atoms with Gasteiger partial charge in [-0.2, -0.15) is 0 Å². The van der Waals surface area contributed by atoms with Crippen LogP contribution in [0.15, 0.2) is 29.2 Å². The van der Waals surface area contributed by atoms with Crippen molar-refractivity contribution in [1.29, 1.82) is 0 Å². The molecule has 2 amide bonds. The second kappa shape index (κ2) is 6.26. The van der Waals surface area contributed by atoms with Gasteiger partial charge in [-0.25, -0.2) is 13.2 Å². The molecule has 1 N–H and O–H groups in total. The predicted molar refractivity (Wildman–Crippen MR) is 79.4 cm³/mol. The van der Waals surface area contributed by atoms with Crippen LogP contribution in [0.1, 0.15) is 32.4 Å². The molecule has 6 heteroatoms. The monoisotopic (exact) mass is 298 g/mol. The fourth-order valence-electron chi connectivity index (χ4n) is 1.74. The highest BCUT2D eigenvalue weighted by Crippen LogP contribution is 2.20. The Morgan fingerprint density at radius 3 is 2.05 bits per heavy atom. The number of hydrogen-bond acceptors (Lipinski definition) is 3. The van der Waals surface area contributed by atoms with E-state index in [9.17, 15) is 13.2 Å². The average molecular weight is 298 g/mol. The number of nitrogens with zero attached hydrogens (tertiary/aromatic N) is 1. The molecular formula is C14H22N2O3S. The van der Waals surface area contributed by atoms with Gasteiger partial charge in [0.2, 0.25) is 0 Å². The molecule has 0 radical (unpaired) electrons. The van der Waals surface area contributed by atoms with Crippen molar-refractivity contribution < 1.29 is 13.2 Å². The first-order valence-electron chi connectivity index (χ1n) is 6.46. The third-order valence-electron chi connectivity index (χ3n) is 3.10. The van der Waals surface area contributed by atoms with Crippen molar-refractivity contribution in [2.24, 2.45) is 0 Å². The molecule has 0 heterocycles. The Morgan fingerprint density at radius 2 is 1.65 bits per heavy atom. The third-order valence-corrected chi connectivity index (χ3v) is 4.23. The van der Waals surface area contributed by atoms with Gasteiger partial charge in [0.1, 0.15) is 0 Å². The van der Waals surface area contributed by atoms with Crippen LogP contribution >= 0.6 is 0 Å². The van der Waals surface area contributed by atoms with Crippen molar-refractivity contribution >= 4 is 15.9 Å². The van der Waals surface area contributed by atoms with Gasteiger partial charge in [-0.1, -0.05) is 12.1 Å². The first kappa shape index (κ1) is 16.5. The summed E-state index contributed by atoms with van der Waals surface area (Å²) in [6.45, 7) is 5.70. The molecule has 0 bridgehead atoms. The van der Waals surface area contributed by atoms with E-state index < -0.39 is 9.84 Å². The van der Waals surface area contributed by atoms with Gasteiger partial charge in [0.05, 0.1) is 10.9 Å². The number of hydrogen-bond donors (Lipinski definition) is 1. The van der Waals surface area contributed by atoms with E-state index in [-0.39, 0.29) is 23.0 Å². The van der Waals surface area contributed by atoms with Crippen molar-refractivity contribution in [2.75, 3.05) is 13.3 Å². The standard InChI is InChI=1S/C14H22N2O3S/c1-10(2)15-14(17)16(4)11(3)12-6-8-13(9-7-12)20(5,18)19/h6-11H,1-5H3,(H,15,17). The molecular weight excluding hydrogens is 276 g/mol. The summed E-state index contributed by atoms with van der Waals surface area (Å²) in [4.78, 5) is 13.8. The molecule has 0 fully saturated rings. The molecule has 1 rings (SSSR count). The summed E-state index contributed by atoms with van der Waals surface area (Å²) in [5, 5.41) is 2.82. The summed E-state index contributed by atoms with van der Waals surface area (Å²) in [5.41, 5.74) is 0.888. The molecule has 1 atom stereocenters. The lowest BCUT2D eigenvalue weighted by molar-refractivity contribution is 0.192. The zero-order chi connectivity index (χ0) is 15.5. The summed E-state index contributed by atoms with van der Waals surface area (Å²) in [6.07, 6.45) is 1.17. The molecule has 0 aliphatic heterocycles. The molecule has 1 aromatic carbocycles. The number of carbonyl (C=O) groups excluding carboxylic acids is 1. The van der Waals surface area contributed by atoms with Crippen molar-refractivity contribution in [1.82, 2.24) is 10.2 Å². The van der Waals surface area contributed by atoms with Crippen LogP contribution in [0.2, 0.25) is 0 Å². The van der Waals surface area contributed by atoms with Crippen LogP contribution in [0, 0.1) is 0 Å². The predicted octanol–water partition coefficient (Wildman–Crippen LogP) is 2.20. The van der Waals surface area contributed by atoms with E-state index in [0.717, 1.165) is 5.56 Å². The Bertz CT molecular complexity index is 565. The zero-order valence-corrected chi connectivity index (χ0v) is 13.4. The fourth-order valence-corrected chi connectivity index (χ4v) is 2.37. The molecule has 5 nitrogen and oxygen atoms in total. The third kappa shape index (κ3) is 4.23. The maximum atomic E-state index is 11.9. The van der Waals surface area contributed by atoms with Crippen LogP contribution in [0.25, 0.3) is 0 Å². The van der Waals surface area contributed by atoms with Gasteiger partial charge < -0.3 is 10.2 Å². The number of sulfone groups is 1. The van der Waals surface area contributed by atoms with Crippen LogP contribution in [0.4, 0.5) is 4.79 Å². The fraction of sp³-hybridized carbons (Fsp3) is 0.500. The normalized spacial score (nSPS) is 13.1. The van der Waals surface area contributed by atoms with E-state index in [0.29, 0.717) is 0 Å². The summed E-state index contributed by atoms with van der Waals surface area (Å²) in [5.74, 6) is 0. The van der Waals surface area contributed by atoms with Gasteiger partial charge in [-0.3, -0.25) is 0 Å². The minimum atomic E-state index is -3.19. The van der Waals surface area contributed by atoms with Crippen molar-refractivity contribution in [3.63, 3.8) is 0 Å². The first-order valence-corrected chi connectivity index (χ1v) is 8.35. The molecule has 0 aromatic heterocycles. The van der Waals surface area contributed by atoms with Gasteiger partial charge in [0.25, 0.3) is 0 Å². The summed E-state index contributed by atoms with van der Waals surface area (Å²) in [6, 6.07) is 6.39. The number of amides is 2. The highest BCUT2D eigenvalue weighted by Gasteiger charge is 2.18. The smallest absolute Gasteiger partial charge is 0.317 e. The minimum absolute atomic E-state index is 0.0739. The van der Waals surface area contributed by atoms with Crippen LogP contribution in [0.5, 0.6) is 0 Å². The van der Waals surface area contributed by atoms with Crippen molar-refractivity contribution in [2.45, 2.75) is 37.8 Å². The van der Waals surface area contributed by atoms with E-state index in [1.807, 2.05) is 20.8 Å². The highest BCUT2D eigenvalue weighted by molar-refractivity contribution is 7.90. The second-order valence-electron chi connectivity index (χ2n) is 5.23. The van der Waals surface area contributed by atoms with Gasteiger partial charge in [-0.05, 0) is 38.5 Å². The maximum Gasteiger partial charge on any atom is 0.317 e. The van der Waals surface area contributed by atoms with Crippen LogP contribution in [-0.2, 0) is 9.84 Å². The SMILES string of the molecule is CC(C)NC(=O)N(C)C(C)c1ccc(S(C)(=O)=O)cc1. The molecule has 0 saturated carbocycles. The first-order chi connectivity index (χ1) is 9.12. The van der Waals surface area contributed by atoms with Crippen LogP contribution in [-0.4, -0.2) is 38.7 Å². The summed E-state index contributed by atoms with van der Waals surface area (Å²) < 4.78 is 22.8. The molecule has 0 aliphatic rings. The largest absolute Gasteiger partial charge is 0.336 e. The molecule has 112 valence electrons. The number of carbonyl (C=O) groups is 1. The number of rotatable bonds is 4. The van der Waals surface area contributed by atoms with E-state index >= 15 is 0 Å². The number of benzene rings is 1. The molecule has 1 aromatic rings. The van der Waals surface area contributed by atoms with Crippen LogP contribution in [0.3, 0.4) is 0 Å². The Kier molecular flexibility index (Phi) is 5.16. The summed E-state index contributed by atoms with van der Waals surface area (Å²) in [7, 11) is -1.48. The number of nitrogens with one attached hydrogen (secondary N) is 1. The maximum absolute atomic E-state index is 11.9. The quantitative estimate of drug-likeness (QED) is 0.926. The Morgan fingerprint density at radius 1 is 1.15 bits per heavy atom. The zero-order valence-electron chi connectivity index (χ0n) is 12.5. The summed E-state index contributed by atoms with van der Waals surface area (Å²) >= 11 is 0. The van der Waals surface area contributed by atoms with Gasteiger partial charge in [-0.15, -0.1) is 0 Å². The Balaban J connectivity index is 2.87. The van der Waals surface area contributed by atoms with E-state index in [1.54, 1.807) is 36.2 Å². The molecule has 0 aliphatic carbocycles. The molecule has 1 unspecified atom stereocenters. The van der Waals surface area contributed by atoms with E-state index in [2.05, 4.69) is 5.32 Å². The average Bonchev–Trinajstić information content (AvgIpc) is 2.35. The molecule has 0 saturated heterocycles. The van der Waals surface area contributed by atoms with Gasteiger partial charge >= 0.3 is 6.03 Å². The Labute approximate surface area is 120 Å². The van der Waals surface area contributed by atoms with E-state index in [1.165, 1.54) is 6.26 Å². The van der Waals surface area contributed by atoms with E-state index in [4.69, 9.17) is 0 Å². The van der Waals surface area contributed by atoms with Gasteiger partial charge in [0.15, 0.2) is 9.84 Å².